The van der Waals surface area contributed by atoms with Crippen LogP contribution in [-0.4, -0.2) is 35.2 Å². The Labute approximate surface area is 106 Å². The second-order valence-corrected chi connectivity index (χ2v) is 5.14. The number of benzene rings is 1. The number of nitrogens with zero attached hydrogens (tertiary/aromatic N) is 2. The predicted molar refractivity (Wildman–Crippen MR) is 67.9 cm³/mol. The molecule has 0 aliphatic carbocycles. The Morgan fingerprint density at radius 2 is 1.94 bits per heavy atom. The molecule has 0 radical (unpaired) electrons. The summed E-state index contributed by atoms with van der Waals surface area (Å²) in [6, 6.07) is 7.39. The van der Waals surface area contributed by atoms with Crippen LogP contribution in [0.25, 0.3) is 0 Å². The van der Waals surface area contributed by atoms with E-state index in [4.69, 9.17) is 5.21 Å². The summed E-state index contributed by atoms with van der Waals surface area (Å²) in [6.07, 6.45) is 0. The van der Waals surface area contributed by atoms with E-state index in [0.717, 1.165) is 21.1 Å². The Bertz CT molecular complexity index is 404. The average Bonchev–Trinajstić information content (AvgIpc) is 2.27. The molecule has 0 saturated carbocycles. The molecule has 0 saturated heterocycles. The van der Waals surface area contributed by atoms with Gasteiger partial charge in [0.05, 0.1) is 0 Å². The number of carbonyl (C=O) groups is 1. The van der Waals surface area contributed by atoms with E-state index >= 15 is 0 Å². The quantitative estimate of drug-likeness (QED) is 0.285. The van der Waals surface area contributed by atoms with Crippen molar-refractivity contribution in [1.82, 2.24) is 4.90 Å². The lowest BCUT2D eigenvalue weighted by Crippen LogP contribution is -2.28. The molecule has 0 unspecified atom stereocenters. The Morgan fingerprint density at radius 1 is 1.38 bits per heavy atom. The number of carbonyl (C=O) groups excluding carboxylic acids is 1. The first-order valence-electron chi connectivity index (χ1n) is 4.41. The second kappa shape index (κ2) is 5.91. The van der Waals surface area contributed by atoms with Gasteiger partial charge in [-0.1, -0.05) is 32.8 Å². The number of rotatable bonds is 1. The monoisotopic (exact) mass is 302 g/mol. The van der Waals surface area contributed by atoms with E-state index in [1.165, 1.54) is 4.90 Å². The summed E-state index contributed by atoms with van der Waals surface area (Å²) >= 11 is 4.44. The molecule has 0 atom stereocenters. The molecule has 1 N–H and O–H groups in total. The van der Waals surface area contributed by atoms with Crippen molar-refractivity contribution in [3.63, 3.8) is 0 Å². The van der Waals surface area contributed by atoms with Gasteiger partial charge >= 0.3 is 0 Å². The zero-order valence-electron chi connectivity index (χ0n) is 8.85. The van der Waals surface area contributed by atoms with Gasteiger partial charge in [0.2, 0.25) is 5.04 Å². The van der Waals surface area contributed by atoms with Crippen LogP contribution in [0.4, 0.5) is 0 Å². The first-order chi connectivity index (χ1) is 7.54. The summed E-state index contributed by atoms with van der Waals surface area (Å²) in [6.45, 7) is 0. The smallest absolute Gasteiger partial charge is 0.282 e. The van der Waals surface area contributed by atoms with Gasteiger partial charge in [0, 0.05) is 23.5 Å². The zero-order valence-corrected chi connectivity index (χ0v) is 11.2. The van der Waals surface area contributed by atoms with Crippen LogP contribution >= 0.6 is 27.7 Å². The van der Waals surface area contributed by atoms with Crippen molar-refractivity contribution in [2.24, 2.45) is 5.16 Å². The molecule has 0 aliphatic rings. The molecule has 6 heteroatoms. The third kappa shape index (κ3) is 3.53. The number of thioether (sulfide) groups is 1. The van der Waals surface area contributed by atoms with Crippen molar-refractivity contribution in [3.05, 3.63) is 28.7 Å². The van der Waals surface area contributed by atoms with Gasteiger partial charge in [0.1, 0.15) is 0 Å². The van der Waals surface area contributed by atoms with Gasteiger partial charge in [-0.3, -0.25) is 4.79 Å². The summed E-state index contributed by atoms with van der Waals surface area (Å²) in [4.78, 5) is 13.8. The van der Waals surface area contributed by atoms with Crippen molar-refractivity contribution in [3.8, 4) is 0 Å². The van der Waals surface area contributed by atoms with Crippen LogP contribution in [0.3, 0.4) is 0 Å². The van der Waals surface area contributed by atoms with Gasteiger partial charge in [0.15, 0.2) is 0 Å². The normalized spacial score (nSPS) is 11.3. The minimum absolute atomic E-state index is 0.0484. The molecule has 0 aliphatic heterocycles. The molecule has 0 spiro atoms. The SMILES string of the molecule is CN(C)C(=O)/C(=N\O)Sc1ccc(Br)cc1. The molecule has 4 nitrogen and oxygen atoms in total. The van der Waals surface area contributed by atoms with Gasteiger partial charge in [0.25, 0.3) is 5.91 Å². The van der Waals surface area contributed by atoms with Crippen molar-refractivity contribution < 1.29 is 10.0 Å². The molecule has 0 fully saturated rings. The third-order valence-corrected chi connectivity index (χ3v) is 3.19. The van der Waals surface area contributed by atoms with Crippen LogP contribution < -0.4 is 0 Å². The molecule has 86 valence electrons. The number of hydrogen-bond donors (Lipinski definition) is 1. The highest BCUT2D eigenvalue weighted by atomic mass is 79.9. The maximum atomic E-state index is 11.6. The fourth-order valence-corrected chi connectivity index (χ4v) is 1.98. The highest BCUT2D eigenvalue weighted by molar-refractivity contribution is 9.10. The van der Waals surface area contributed by atoms with Crippen LogP contribution in [0.1, 0.15) is 0 Å². The Morgan fingerprint density at radius 3 is 2.38 bits per heavy atom. The molecule has 1 aromatic rings. The second-order valence-electron chi connectivity index (χ2n) is 3.16. The number of oxime groups is 1. The summed E-state index contributed by atoms with van der Waals surface area (Å²) in [5.41, 5.74) is 0. The predicted octanol–water partition coefficient (Wildman–Crippen LogP) is 2.42. The van der Waals surface area contributed by atoms with Gasteiger partial charge in [-0.2, -0.15) is 0 Å². The van der Waals surface area contributed by atoms with Crippen molar-refractivity contribution in [2.45, 2.75) is 4.90 Å². The van der Waals surface area contributed by atoms with E-state index in [0.29, 0.717) is 0 Å². The maximum Gasteiger partial charge on any atom is 0.282 e. The first-order valence-corrected chi connectivity index (χ1v) is 6.02. The Hall–Kier alpha value is -1.01. The van der Waals surface area contributed by atoms with Crippen LogP contribution in [0.15, 0.2) is 38.8 Å². The lowest BCUT2D eigenvalue weighted by atomic mass is 10.4. The average molecular weight is 303 g/mol. The van der Waals surface area contributed by atoms with E-state index in [-0.39, 0.29) is 11.0 Å². The molecule has 16 heavy (non-hydrogen) atoms. The molecule has 0 heterocycles. The van der Waals surface area contributed by atoms with Gasteiger partial charge in [-0.15, -0.1) is 0 Å². The van der Waals surface area contributed by atoms with Gasteiger partial charge < -0.3 is 10.1 Å². The van der Waals surface area contributed by atoms with Crippen LogP contribution in [0.2, 0.25) is 0 Å². The van der Waals surface area contributed by atoms with Gasteiger partial charge in [-0.05, 0) is 24.3 Å². The molecular weight excluding hydrogens is 292 g/mol. The highest BCUT2D eigenvalue weighted by Crippen LogP contribution is 2.22. The maximum absolute atomic E-state index is 11.6. The van der Waals surface area contributed by atoms with E-state index in [2.05, 4.69) is 21.1 Å². The molecule has 0 bridgehead atoms. The lowest BCUT2D eigenvalue weighted by molar-refractivity contribution is -0.121. The summed E-state index contributed by atoms with van der Waals surface area (Å²) < 4.78 is 0.957. The van der Waals surface area contributed by atoms with Crippen molar-refractivity contribution >= 4 is 38.6 Å². The zero-order chi connectivity index (χ0) is 12.1. The fourth-order valence-electron chi connectivity index (χ4n) is 0.912. The summed E-state index contributed by atoms with van der Waals surface area (Å²) in [5.74, 6) is -0.324. The van der Waals surface area contributed by atoms with Crippen LogP contribution in [0.5, 0.6) is 0 Å². The van der Waals surface area contributed by atoms with E-state index < -0.39 is 0 Å². The topological polar surface area (TPSA) is 52.9 Å². The molecule has 1 aromatic carbocycles. The fraction of sp³-hybridized carbons (Fsp3) is 0.200. The minimum atomic E-state index is -0.324. The standard InChI is InChI=1S/C10H11BrN2O2S/c1-13(2)10(14)9(12-15)16-8-5-3-7(11)4-6-8/h3-6,15H,1-2H3/b12-9+. The van der Waals surface area contributed by atoms with Crippen molar-refractivity contribution in [2.75, 3.05) is 14.1 Å². The Balaban J connectivity index is 2.79. The van der Waals surface area contributed by atoms with E-state index in [1.54, 1.807) is 14.1 Å². The number of hydrogen-bond acceptors (Lipinski definition) is 4. The van der Waals surface area contributed by atoms with E-state index in [1.807, 2.05) is 24.3 Å². The first kappa shape index (κ1) is 13.1. The largest absolute Gasteiger partial charge is 0.410 e. The van der Waals surface area contributed by atoms with Crippen molar-refractivity contribution in [1.29, 1.82) is 0 Å². The lowest BCUT2D eigenvalue weighted by Gasteiger charge is -2.10. The van der Waals surface area contributed by atoms with Gasteiger partial charge in [-0.25, -0.2) is 0 Å². The molecule has 1 rings (SSSR count). The Kier molecular flexibility index (Phi) is 4.82. The summed E-state index contributed by atoms with van der Waals surface area (Å²) in [7, 11) is 3.21. The number of halogens is 1. The third-order valence-electron chi connectivity index (χ3n) is 1.71. The van der Waals surface area contributed by atoms with Crippen LogP contribution in [-0.2, 0) is 4.79 Å². The number of amides is 1. The highest BCUT2D eigenvalue weighted by Gasteiger charge is 2.15. The molecule has 1 amide bonds. The van der Waals surface area contributed by atoms with Crippen LogP contribution in [0, 0.1) is 0 Å². The molecular formula is C10H11BrN2O2S. The summed E-state index contributed by atoms with van der Waals surface area (Å²) in [5, 5.41) is 11.8. The van der Waals surface area contributed by atoms with E-state index in [9.17, 15) is 4.79 Å². The minimum Gasteiger partial charge on any atom is -0.410 e. The molecule has 0 aromatic heterocycles.